The molecule has 0 spiro atoms. The van der Waals surface area contributed by atoms with Gasteiger partial charge in [-0.2, -0.15) is 0 Å². The Bertz CT molecular complexity index is 605. The molecule has 0 bridgehead atoms. The fourth-order valence-electron chi connectivity index (χ4n) is 2.56. The van der Waals surface area contributed by atoms with Crippen LogP contribution >= 0.6 is 0 Å². The van der Waals surface area contributed by atoms with E-state index in [9.17, 15) is 13.2 Å². The maximum atomic E-state index is 12.2. The molecule has 1 aromatic carbocycles. The third-order valence-corrected chi connectivity index (χ3v) is 4.47. The summed E-state index contributed by atoms with van der Waals surface area (Å²) in [6, 6.07) is 4.66. The number of aryl methyl sites for hydroxylation is 1. The van der Waals surface area contributed by atoms with Crippen LogP contribution < -0.4 is 10.5 Å². The first kappa shape index (κ1) is 15.0. The molecule has 0 atom stereocenters. The summed E-state index contributed by atoms with van der Waals surface area (Å²) in [5.41, 5.74) is 1.05. The number of nitrogens with two attached hydrogens (primary N) is 1. The topological polar surface area (TPSA) is 89.3 Å². The van der Waals surface area contributed by atoms with Crippen LogP contribution in [0.2, 0.25) is 0 Å². The first-order valence-corrected chi connectivity index (χ1v) is 8.36. The number of benzene rings is 1. The molecule has 0 radical (unpaired) electrons. The Kier molecular flexibility index (Phi) is 4.45. The molecule has 110 valence electrons. The number of sulfonamides is 1. The predicted octanol–water partition coefficient (Wildman–Crippen LogP) is 1.70. The van der Waals surface area contributed by atoms with Crippen LogP contribution in [0.15, 0.2) is 23.1 Å². The van der Waals surface area contributed by atoms with E-state index in [-0.39, 0.29) is 16.8 Å². The van der Waals surface area contributed by atoms with Gasteiger partial charge in [-0.25, -0.2) is 13.6 Å². The lowest BCUT2D eigenvalue weighted by Crippen LogP contribution is -2.36. The van der Waals surface area contributed by atoms with Crippen molar-refractivity contribution < 1.29 is 13.2 Å². The number of hydrogen-bond donors (Lipinski definition) is 2. The summed E-state index contributed by atoms with van der Waals surface area (Å²) < 4.78 is 22.8. The van der Waals surface area contributed by atoms with Crippen molar-refractivity contribution >= 4 is 15.9 Å². The van der Waals surface area contributed by atoms with Crippen molar-refractivity contribution in [1.82, 2.24) is 5.32 Å². The number of hydrogen-bond acceptors (Lipinski definition) is 3. The summed E-state index contributed by atoms with van der Waals surface area (Å²) in [5.74, 6) is -0.231. The molecule has 1 aliphatic rings. The lowest BCUT2D eigenvalue weighted by molar-refractivity contribution is 0.0927. The first-order valence-electron chi connectivity index (χ1n) is 6.81. The second kappa shape index (κ2) is 5.93. The van der Waals surface area contributed by atoms with Crippen LogP contribution in [-0.2, 0) is 10.0 Å². The molecule has 0 aromatic heterocycles. The molecule has 0 saturated heterocycles. The molecule has 3 N–H and O–H groups in total. The van der Waals surface area contributed by atoms with Gasteiger partial charge in [-0.15, -0.1) is 0 Å². The molecule has 0 aliphatic heterocycles. The van der Waals surface area contributed by atoms with Crippen LogP contribution in [0.5, 0.6) is 0 Å². The smallest absolute Gasteiger partial charge is 0.251 e. The van der Waals surface area contributed by atoms with E-state index in [1.807, 2.05) is 0 Å². The van der Waals surface area contributed by atoms with E-state index in [0.717, 1.165) is 25.7 Å². The second-order valence-corrected chi connectivity index (χ2v) is 6.95. The fourth-order valence-corrected chi connectivity index (χ4v) is 3.20. The highest BCUT2D eigenvalue weighted by Gasteiger charge is 2.18. The van der Waals surface area contributed by atoms with Crippen LogP contribution in [-0.4, -0.2) is 20.4 Å². The van der Waals surface area contributed by atoms with Crippen molar-refractivity contribution in [2.75, 3.05) is 0 Å². The van der Waals surface area contributed by atoms with Gasteiger partial charge in [0.15, 0.2) is 0 Å². The van der Waals surface area contributed by atoms with Gasteiger partial charge < -0.3 is 5.32 Å². The fraction of sp³-hybridized carbons (Fsp3) is 0.500. The monoisotopic (exact) mass is 296 g/mol. The van der Waals surface area contributed by atoms with Gasteiger partial charge in [0.2, 0.25) is 10.0 Å². The molecule has 1 amide bonds. The lowest BCUT2D eigenvalue weighted by Gasteiger charge is -2.22. The molecule has 2 rings (SSSR count). The third kappa shape index (κ3) is 3.80. The molecule has 6 heteroatoms. The van der Waals surface area contributed by atoms with Gasteiger partial charge in [0, 0.05) is 11.6 Å². The minimum atomic E-state index is -3.79. The van der Waals surface area contributed by atoms with E-state index in [4.69, 9.17) is 5.14 Å². The van der Waals surface area contributed by atoms with Crippen LogP contribution in [0.1, 0.15) is 48.0 Å². The second-order valence-electron chi connectivity index (χ2n) is 5.39. The summed E-state index contributed by atoms with van der Waals surface area (Å²) in [6.45, 7) is 1.74. The normalized spacial score (nSPS) is 16.9. The number of rotatable bonds is 3. The Morgan fingerprint density at radius 3 is 2.45 bits per heavy atom. The molecular weight excluding hydrogens is 276 g/mol. The van der Waals surface area contributed by atoms with Gasteiger partial charge in [-0.1, -0.05) is 19.3 Å². The summed E-state index contributed by atoms with van der Waals surface area (Å²) in [7, 11) is -3.79. The van der Waals surface area contributed by atoms with Crippen molar-refractivity contribution in [1.29, 1.82) is 0 Å². The van der Waals surface area contributed by atoms with Gasteiger partial charge >= 0.3 is 0 Å². The van der Waals surface area contributed by atoms with Crippen LogP contribution in [0.3, 0.4) is 0 Å². The minimum absolute atomic E-state index is 0.0219. The van der Waals surface area contributed by atoms with E-state index in [0.29, 0.717) is 11.1 Å². The summed E-state index contributed by atoms with van der Waals surface area (Å²) in [4.78, 5) is 12.2. The van der Waals surface area contributed by atoms with Gasteiger partial charge in [0.25, 0.3) is 5.91 Å². The van der Waals surface area contributed by atoms with Gasteiger partial charge in [0.05, 0.1) is 4.90 Å². The average molecular weight is 296 g/mol. The maximum Gasteiger partial charge on any atom is 0.251 e. The van der Waals surface area contributed by atoms with Crippen molar-refractivity contribution in [3.63, 3.8) is 0 Å². The number of carbonyl (C=O) groups excluding carboxylic acids is 1. The van der Waals surface area contributed by atoms with E-state index in [1.54, 1.807) is 13.0 Å². The van der Waals surface area contributed by atoms with E-state index >= 15 is 0 Å². The molecule has 20 heavy (non-hydrogen) atoms. The molecule has 1 fully saturated rings. The molecule has 5 nitrogen and oxygen atoms in total. The highest BCUT2D eigenvalue weighted by atomic mass is 32.2. The molecule has 1 aliphatic carbocycles. The number of primary sulfonamides is 1. The van der Waals surface area contributed by atoms with E-state index in [2.05, 4.69) is 5.32 Å². The van der Waals surface area contributed by atoms with E-state index < -0.39 is 10.0 Å². The standard InChI is InChI=1S/C14H20N2O3S/c1-10-7-11(9-13(8-10)20(15,18)19)14(17)16-12-5-3-2-4-6-12/h7-9,12H,2-6H2,1H3,(H,16,17)(H2,15,18,19). The van der Waals surface area contributed by atoms with Gasteiger partial charge in [-0.3, -0.25) is 4.79 Å². The minimum Gasteiger partial charge on any atom is -0.349 e. The molecule has 1 saturated carbocycles. The van der Waals surface area contributed by atoms with Crippen molar-refractivity contribution in [2.24, 2.45) is 5.14 Å². The Morgan fingerprint density at radius 2 is 1.85 bits per heavy atom. The highest BCUT2D eigenvalue weighted by Crippen LogP contribution is 2.19. The molecular formula is C14H20N2O3S. The molecule has 1 aromatic rings. The van der Waals surface area contributed by atoms with E-state index in [1.165, 1.54) is 18.6 Å². The zero-order chi connectivity index (χ0) is 14.8. The zero-order valence-electron chi connectivity index (χ0n) is 11.6. The quantitative estimate of drug-likeness (QED) is 0.889. The average Bonchev–Trinajstić information content (AvgIpc) is 2.38. The lowest BCUT2D eigenvalue weighted by atomic mass is 9.95. The van der Waals surface area contributed by atoms with Gasteiger partial charge in [-0.05, 0) is 43.5 Å². The number of nitrogens with one attached hydrogen (secondary N) is 1. The van der Waals surface area contributed by atoms with Crippen LogP contribution in [0.25, 0.3) is 0 Å². The maximum absolute atomic E-state index is 12.2. The molecule has 0 heterocycles. The third-order valence-electron chi connectivity index (χ3n) is 3.58. The highest BCUT2D eigenvalue weighted by molar-refractivity contribution is 7.89. The van der Waals surface area contributed by atoms with Gasteiger partial charge in [0.1, 0.15) is 0 Å². The van der Waals surface area contributed by atoms with Crippen LogP contribution in [0, 0.1) is 6.92 Å². The zero-order valence-corrected chi connectivity index (χ0v) is 12.4. The largest absolute Gasteiger partial charge is 0.349 e. The SMILES string of the molecule is Cc1cc(C(=O)NC2CCCCC2)cc(S(N)(=O)=O)c1. The summed E-state index contributed by atoms with van der Waals surface area (Å²) in [6.07, 6.45) is 5.44. The molecule has 0 unspecified atom stereocenters. The summed E-state index contributed by atoms with van der Waals surface area (Å²) in [5, 5.41) is 8.09. The summed E-state index contributed by atoms with van der Waals surface area (Å²) >= 11 is 0. The Morgan fingerprint density at radius 1 is 1.20 bits per heavy atom. The van der Waals surface area contributed by atoms with Crippen LogP contribution in [0.4, 0.5) is 0 Å². The van der Waals surface area contributed by atoms with Crippen molar-refractivity contribution in [2.45, 2.75) is 50.0 Å². The predicted molar refractivity (Wildman–Crippen MR) is 76.9 cm³/mol. The Balaban J connectivity index is 2.19. The number of carbonyl (C=O) groups is 1. The number of amides is 1. The van der Waals surface area contributed by atoms with Crippen molar-refractivity contribution in [3.8, 4) is 0 Å². The Labute approximate surface area is 119 Å². The van der Waals surface area contributed by atoms with Crippen molar-refractivity contribution in [3.05, 3.63) is 29.3 Å². The Hall–Kier alpha value is -1.40. The first-order chi connectivity index (χ1) is 9.36.